The lowest BCUT2D eigenvalue weighted by molar-refractivity contribution is -0.125. The number of aryl methyl sites for hydroxylation is 1. The summed E-state index contributed by atoms with van der Waals surface area (Å²) < 4.78 is 1.56. The number of amides is 1. The lowest BCUT2D eigenvalue weighted by Gasteiger charge is -2.21. The van der Waals surface area contributed by atoms with E-state index >= 15 is 0 Å². The Bertz CT molecular complexity index is 880. The van der Waals surface area contributed by atoms with Crippen LogP contribution in [0.5, 0.6) is 0 Å². The summed E-state index contributed by atoms with van der Waals surface area (Å²) in [5.74, 6) is 0.433. The summed E-state index contributed by atoms with van der Waals surface area (Å²) in [7, 11) is 0. The maximum atomic E-state index is 13.0. The van der Waals surface area contributed by atoms with Gasteiger partial charge < -0.3 is 5.32 Å². The molecular formula is C19H20ClN5O. The molecule has 1 heterocycles. The number of carbonyl (C=O) groups excluding carboxylic acids is 1. The summed E-state index contributed by atoms with van der Waals surface area (Å²) in [4.78, 5) is 13.0. The highest BCUT2D eigenvalue weighted by Crippen LogP contribution is 2.23. The molecule has 0 radical (unpaired) electrons. The molecule has 0 spiro atoms. The van der Waals surface area contributed by atoms with Crippen molar-refractivity contribution >= 4 is 17.5 Å². The molecule has 0 aliphatic rings. The van der Waals surface area contributed by atoms with Crippen LogP contribution < -0.4 is 5.32 Å². The van der Waals surface area contributed by atoms with Crippen molar-refractivity contribution in [3.05, 3.63) is 76.6 Å². The molecule has 1 unspecified atom stereocenters. The van der Waals surface area contributed by atoms with Crippen LogP contribution in [0.4, 0.5) is 0 Å². The first-order chi connectivity index (χ1) is 12.6. The summed E-state index contributed by atoms with van der Waals surface area (Å²) in [6.45, 7) is 3.69. The van der Waals surface area contributed by atoms with Crippen molar-refractivity contribution in [2.45, 2.75) is 32.4 Å². The van der Waals surface area contributed by atoms with Gasteiger partial charge in [-0.3, -0.25) is 4.79 Å². The van der Waals surface area contributed by atoms with Gasteiger partial charge in [-0.05, 0) is 41.5 Å². The van der Waals surface area contributed by atoms with E-state index in [0.29, 0.717) is 17.3 Å². The lowest BCUT2D eigenvalue weighted by atomic mass is 10.0. The van der Waals surface area contributed by atoms with Crippen molar-refractivity contribution in [3.63, 3.8) is 0 Å². The number of benzene rings is 2. The minimum absolute atomic E-state index is 0.156. The largest absolute Gasteiger partial charge is 0.348 e. The first-order valence-corrected chi connectivity index (χ1v) is 8.77. The third-order valence-corrected chi connectivity index (χ3v) is 4.60. The molecule has 0 saturated heterocycles. The molecule has 2 aromatic carbocycles. The van der Waals surface area contributed by atoms with Gasteiger partial charge >= 0.3 is 0 Å². The van der Waals surface area contributed by atoms with E-state index in [9.17, 15) is 4.79 Å². The van der Waals surface area contributed by atoms with E-state index in [-0.39, 0.29) is 11.9 Å². The van der Waals surface area contributed by atoms with Crippen LogP contribution in [0, 0.1) is 6.92 Å². The molecule has 0 fully saturated rings. The van der Waals surface area contributed by atoms with E-state index in [1.165, 1.54) is 0 Å². The van der Waals surface area contributed by atoms with Crippen LogP contribution in [0.2, 0.25) is 5.02 Å². The van der Waals surface area contributed by atoms with E-state index in [1.54, 1.807) is 11.6 Å². The molecule has 1 amide bonds. The lowest BCUT2D eigenvalue weighted by Crippen LogP contribution is -2.36. The van der Waals surface area contributed by atoms with Crippen LogP contribution in [0.25, 0.3) is 0 Å². The van der Waals surface area contributed by atoms with Gasteiger partial charge in [-0.15, -0.1) is 5.10 Å². The normalized spacial score (nSPS) is 13.2. The van der Waals surface area contributed by atoms with Gasteiger partial charge in [0.15, 0.2) is 0 Å². The molecule has 0 saturated carbocycles. The number of nitrogens with zero attached hydrogens (tertiary/aromatic N) is 4. The van der Waals surface area contributed by atoms with Gasteiger partial charge in [-0.25, -0.2) is 4.68 Å². The Kier molecular flexibility index (Phi) is 5.63. The standard InChI is InChI=1S/C19H20ClN5O/c1-13(16-10-6-7-11-17(16)20)21-19(26)18(25-14(2)22-23-24-25)12-15-8-4-3-5-9-15/h3-11,13,18H,12H2,1-2H3,(H,21,26)/t13-,18?/m0/s1. The maximum absolute atomic E-state index is 13.0. The predicted molar refractivity (Wildman–Crippen MR) is 99.7 cm³/mol. The van der Waals surface area contributed by atoms with Gasteiger partial charge in [0.2, 0.25) is 5.91 Å². The molecule has 7 heteroatoms. The maximum Gasteiger partial charge on any atom is 0.245 e. The molecule has 6 nitrogen and oxygen atoms in total. The van der Waals surface area contributed by atoms with Crippen molar-refractivity contribution in [3.8, 4) is 0 Å². The molecule has 0 bridgehead atoms. The number of tetrazole rings is 1. The van der Waals surface area contributed by atoms with Crippen LogP contribution in [-0.2, 0) is 11.2 Å². The van der Waals surface area contributed by atoms with Crippen LogP contribution in [-0.4, -0.2) is 26.1 Å². The number of hydrogen-bond acceptors (Lipinski definition) is 4. The molecule has 1 aromatic heterocycles. The quantitative estimate of drug-likeness (QED) is 0.723. The van der Waals surface area contributed by atoms with Crippen molar-refractivity contribution in [1.82, 2.24) is 25.5 Å². The van der Waals surface area contributed by atoms with E-state index in [1.807, 2.05) is 61.5 Å². The number of rotatable bonds is 6. The van der Waals surface area contributed by atoms with Gasteiger partial charge in [-0.2, -0.15) is 0 Å². The van der Waals surface area contributed by atoms with Gasteiger partial charge in [0.25, 0.3) is 0 Å². The Morgan fingerprint density at radius 3 is 2.50 bits per heavy atom. The summed E-state index contributed by atoms with van der Waals surface area (Å²) in [6, 6.07) is 16.5. The molecule has 134 valence electrons. The molecule has 0 aliphatic heterocycles. The molecule has 2 atom stereocenters. The summed E-state index contributed by atoms with van der Waals surface area (Å²) >= 11 is 6.25. The van der Waals surface area contributed by atoms with E-state index in [2.05, 4.69) is 20.8 Å². The second kappa shape index (κ2) is 8.10. The third kappa shape index (κ3) is 4.08. The molecule has 0 aliphatic carbocycles. The van der Waals surface area contributed by atoms with Crippen molar-refractivity contribution in [1.29, 1.82) is 0 Å². The smallest absolute Gasteiger partial charge is 0.245 e. The Hall–Kier alpha value is -2.73. The SMILES string of the molecule is Cc1nnnn1C(Cc1ccccc1)C(=O)N[C@@H](C)c1ccccc1Cl. The fraction of sp³-hybridized carbons (Fsp3) is 0.263. The number of hydrogen-bond donors (Lipinski definition) is 1. The average molecular weight is 370 g/mol. The van der Waals surface area contributed by atoms with Gasteiger partial charge in [0.05, 0.1) is 6.04 Å². The summed E-state index contributed by atoms with van der Waals surface area (Å²) in [5.41, 5.74) is 1.90. The Morgan fingerprint density at radius 1 is 1.15 bits per heavy atom. The molecule has 3 aromatic rings. The van der Waals surface area contributed by atoms with Crippen molar-refractivity contribution in [2.75, 3.05) is 0 Å². The van der Waals surface area contributed by atoms with Gasteiger partial charge in [0, 0.05) is 11.4 Å². The number of aromatic nitrogens is 4. The van der Waals surface area contributed by atoms with Gasteiger partial charge in [-0.1, -0.05) is 60.1 Å². The second-order valence-corrected chi connectivity index (χ2v) is 6.54. The summed E-state index contributed by atoms with van der Waals surface area (Å²) in [6.07, 6.45) is 0.494. The Labute approximate surface area is 157 Å². The minimum atomic E-state index is -0.544. The number of nitrogens with one attached hydrogen (secondary N) is 1. The van der Waals surface area contributed by atoms with E-state index < -0.39 is 6.04 Å². The highest BCUT2D eigenvalue weighted by Gasteiger charge is 2.26. The molecule has 3 rings (SSSR count). The van der Waals surface area contributed by atoms with Crippen LogP contribution >= 0.6 is 11.6 Å². The highest BCUT2D eigenvalue weighted by molar-refractivity contribution is 6.31. The zero-order valence-corrected chi connectivity index (χ0v) is 15.4. The summed E-state index contributed by atoms with van der Waals surface area (Å²) in [5, 5.41) is 15.2. The topological polar surface area (TPSA) is 72.7 Å². The van der Waals surface area contributed by atoms with E-state index in [4.69, 9.17) is 11.6 Å². The predicted octanol–water partition coefficient (Wildman–Crippen LogP) is 3.30. The van der Waals surface area contributed by atoms with Crippen LogP contribution in [0.1, 0.15) is 36.0 Å². The van der Waals surface area contributed by atoms with Crippen molar-refractivity contribution in [2.24, 2.45) is 0 Å². The Balaban J connectivity index is 1.83. The fourth-order valence-electron chi connectivity index (χ4n) is 2.87. The van der Waals surface area contributed by atoms with Crippen LogP contribution in [0.15, 0.2) is 54.6 Å². The molecular weight excluding hydrogens is 350 g/mol. The highest BCUT2D eigenvalue weighted by atomic mass is 35.5. The minimum Gasteiger partial charge on any atom is -0.348 e. The number of carbonyl (C=O) groups is 1. The zero-order chi connectivity index (χ0) is 18.5. The average Bonchev–Trinajstić information content (AvgIpc) is 3.06. The second-order valence-electron chi connectivity index (χ2n) is 6.13. The Morgan fingerprint density at radius 2 is 1.85 bits per heavy atom. The number of halogens is 1. The molecule has 1 N–H and O–H groups in total. The fourth-order valence-corrected chi connectivity index (χ4v) is 3.17. The first kappa shape index (κ1) is 18.1. The molecule has 26 heavy (non-hydrogen) atoms. The van der Waals surface area contributed by atoms with Crippen LogP contribution in [0.3, 0.4) is 0 Å². The third-order valence-electron chi connectivity index (χ3n) is 4.26. The first-order valence-electron chi connectivity index (χ1n) is 8.39. The van der Waals surface area contributed by atoms with E-state index in [0.717, 1.165) is 11.1 Å². The van der Waals surface area contributed by atoms with Gasteiger partial charge in [0.1, 0.15) is 11.9 Å². The monoisotopic (exact) mass is 369 g/mol. The van der Waals surface area contributed by atoms with Crippen molar-refractivity contribution < 1.29 is 4.79 Å². The zero-order valence-electron chi connectivity index (χ0n) is 14.6.